The second-order valence-electron chi connectivity index (χ2n) is 11.5. The topological polar surface area (TPSA) is 94.2 Å². The molecule has 2 heterocycles. The van der Waals surface area contributed by atoms with Crippen LogP contribution in [0.25, 0.3) is 11.3 Å². The Labute approximate surface area is 269 Å². The lowest BCUT2D eigenvalue weighted by Gasteiger charge is -2.35. The van der Waals surface area contributed by atoms with E-state index in [4.69, 9.17) is 4.74 Å². The van der Waals surface area contributed by atoms with Gasteiger partial charge in [0.25, 0.3) is 5.91 Å². The maximum Gasteiger partial charge on any atom is 0.337 e. The number of methoxy groups -OCH3 is 1. The summed E-state index contributed by atoms with van der Waals surface area (Å²) < 4.78 is 4.84. The summed E-state index contributed by atoms with van der Waals surface area (Å²) in [6, 6.07) is 32.7. The highest BCUT2D eigenvalue weighted by molar-refractivity contribution is 6.37. The number of nitrogens with zero attached hydrogens (tertiary/aromatic N) is 3. The summed E-state index contributed by atoms with van der Waals surface area (Å²) >= 11 is 0. The van der Waals surface area contributed by atoms with Crippen LogP contribution in [0.3, 0.4) is 0 Å². The molecule has 234 valence electrons. The fraction of sp³-hybridized carbons (Fsp3) is 0.216. The number of ether oxygens (including phenoxy) is 1. The van der Waals surface area contributed by atoms with Crippen molar-refractivity contribution < 1.29 is 19.1 Å². The first-order chi connectivity index (χ1) is 22.4. The van der Waals surface area contributed by atoms with Gasteiger partial charge in [0, 0.05) is 56.7 Å². The summed E-state index contributed by atoms with van der Waals surface area (Å²) in [7, 11) is 3.13. The van der Waals surface area contributed by atoms with Gasteiger partial charge < -0.3 is 20.3 Å². The fourth-order valence-corrected chi connectivity index (χ4v) is 5.85. The van der Waals surface area contributed by atoms with Crippen molar-refractivity contribution >= 4 is 46.1 Å². The number of likely N-dealkylation sites (N-methyl/N-ethyl adjacent to an activating group) is 1. The number of esters is 1. The minimum atomic E-state index is -0.471. The van der Waals surface area contributed by atoms with Crippen molar-refractivity contribution in [3.05, 3.63) is 125 Å². The second-order valence-corrected chi connectivity index (χ2v) is 11.5. The molecule has 0 atom stereocenters. The number of nitrogens with one attached hydrogen (secondary N) is 2. The van der Waals surface area contributed by atoms with Crippen molar-refractivity contribution in [2.24, 2.45) is 0 Å². The van der Waals surface area contributed by atoms with Gasteiger partial charge in [0.1, 0.15) is 0 Å². The zero-order valence-corrected chi connectivity index (χ0v) is 26.0. The van der Waals surface area contributed by atoms with E-state index in [1.165, 1.54) is 12.7 Å². The number of rotatable bonds is 9. The van der Waals surface area contributed by atoms with Gasteiger partial charge in [-0.05, 0) is 47.5 Å². The number of hydrogen-bond acceptors (Lipinski definition) is 7. The van der Waals surface area contributed by atoms with Gasteiger partial charge in [-0.15, -0.1) is 0 Å². The quantitative estimate of drug-likeness (QED) is 0.198. The predicted octanol–water partition coefficient (Wildman–Crippen LogP) is 5.19. The maximum atomic E-state index is 13.3. The van der Waals surface area contributed by atoms with Crippen LogP contribution in [0.2, 0.25) is 0 Å². The third-order valence-electron chi connectivity index (χ3n) is 8.47. The lowest BCUT2D eigenvalue weighted by atomic mass is 9.99. The Balaban J connectivity index is 1.14. The van der Waals surface area contributed by atoms with Crippen LogP contribution in [-0.4, -0.2) is 74.5 Å². The molecule has 6 rings (SSSR count). The van der Waals surface area contributed by atoms with Crippen LogP contribution in [0.15, 0.2) is 103 Å². The number of hydrogen-bond donors (Lipinski definition) is 2. The SMILES string of the molecule is COC(=O)c1ccc2c(c1)NC(=O)C2=C(Nc1ccc(N(C)C(=O)CN2CCN(Cc3ccccc3)CC2)cc1)c1ccccc1. The third kappa shape index (κ3) is 6.86. The van der Waals surface area contributed by atoms with E-state index in [2.05, 4.69) is 44.7 Å². The number of benzene rings is 4. The molecule has 0 unspecified atom stereocenters. The Morgan fingerprint density at radius 1 is 0.826 bits per heavy atom. The van der Waals surface area contributed by atoms with Crippen LogP contribution in [0.5, 0.6) is 0 Å². The van der Waals surface area contributed by atoms with E-state index in [-0.39, 0.29) is 11.8 Å². The Hall–Kier alpha value is -5.25. The molecule has 9 nitrogen and oxygen atoms in total. The molecule has 0 spiro atoms. The summed E-state index contributed by atoms with van der Waals surface area (Å²) in [4.78, 5) is 44.9. The molecule has 0 aliphatic carbocycles. The molecular weight excluding hydrogens is 578 g/mol. The van der Waals surface area contributed by atoms with Crippen LogP contribution in [0, 0.1) is 0 Å². The zero-order valence-electron chi connectivity index (χ0n) is 26.0. The zero-order chi connectivity index (χ0) is 32.0. The highest BCUT2D eigenvalue weighted by Crippen LogP contribution is 2.38. The molecule has 4 aromatic rings. The van der Waals surface area contributed by atoms with E-state index in [1.807, 2.05) is 60.7 Å². The predicted molar refractivity (Wildman–Crippen MR) is 181 cm³/mol. The van der Waals surface area contributed by atoms with Crippen molar-refractivity contribution in [2.75, 3.05) is 62.4 Å². The summed E-state index contributed by atoms with van der Waals surface area (Å²) in [5, 5.41) is 6.34. The number of carbonyl (C=O) groups is 3. The van der Waals surface area contributed by atoms with E-state index in [0.717, 1.165) is 49.7 Å². The minimum absolute atomic E-state index is 0.0369. The number of piperazine rings is 1. The summed E-state index contributed by atoms with van der Waals surface area (Å²) in [5.74, 6) is -0.707. The standard InChI is InChI=1S/C37H37N5O4/c1-40(33(43)25-42-21-19-41(20-22-42)24-26-9-5-3-6-10-26)30-16-14-29(15-17-30)38-35(27-11-7-4-8-12-27)34-31-18-13-28(37(45)46-2)23-32(31)39-36(34)44/h3-18,23,38H,19-22,24-25H2,1-2H3,(H,39,44). The van der Waals surface area contributed by atoms with E-state index < -0.39 is 5.97 Å². The third-order valence-corrected chi connectivity index (χ3v) is 8.47. The molecule has 0 aromatic heterocycles. The second kappa shape index (κ2) is 13.8. The van der Waals surface area contributed by atoms with Gasteiger partial charge in [-0.3, -0.25) is 19.4 Å². The Bertz CT molecular complexity index is 1750. The normalized spacial score (nSPS) is 15.9. The molecule has 2 amide bonds. The van der Waals surface area contributed by atoms with E-state index in [1.54, 1.807) is 30.1 Å². The van der Waals surface area contributed by atoms with Gasteiger partial charge in [0.05, 0.1) is 36.2 Å². The first-order valence-corrected chi connectivity index (χ1v) is 15.4. The van der Waals surface area contributed by atoms with Crippen molar-refractivity contribution in [1.82, 2.24) is 9.80 Å². The summed E-state index contributed by atoms with van der Waals surface area (Å²) in [5.41, 5.74) is 6.38. The smallest absolute Gasteiger partial charge is 0.337 e. The number of carbonyl (C=O) groups excluding carboxylic acids is 3. The molecule has 2 aliphatic heterocycles. The first-order valence-electron chi connectivity index (χ1n) is 15.4. The molecule has 2 aliphatic rings. The minimum Gasteiger partial charge on any atom is -0.465 e. The summed E-state index contributed by atoms with van der Waals surface area (Å²) in [6.07, 6.45) is 0. The summed E-state index contributed by atoms with van der Waals surface area (Å²) in [6.45, 7) is 4.87. The van der Waals surface area contributed by atoms with Crippen LogP contribution >= 0.6 is 0 Å². The average molecular weight is 616 g/mol. The van der Waals surface area contributed by atoms with Crippen molar-refractivity contribution in [2.45, 2.75) is 6.54 Å². The molecule has 9 heteroatoms. The Morgan fingerprint density at radius 3 is 2.15 bits per heavy atom. The van der Waals surface area contributed by atoms with E-state index in [9.17, 15) is 14.4 Å². The van der Waals surface area contributed by atoms with Gasteiger partial charge in [-0.1, -0.05) is 66.7 Å². The van der Waals surface area contributed by atoms with Crippen molar-refractivity contribution in [3.63, 3.8) is 0 Å². The van der Waals surface area contributed by atoms with Crippen LogP contribution < -0.4 is 15.5 Å². The lowest BCUT2D eigenvalue weighted by molar-refractivity contribution is -0.120. The highest BCUT2D eigenvalue weighted by atomic mass is 16.5. The molecule has 46 heavy (non-hydrogen) atoms. The van der Waals surface area contributed by atoms with Gasteiger partial charge >= 0.3 is 5.97 Å². The lowest BCUT2D eigenvalue weighted by Crippen LogP contribution is -2.49. The monoisotopic (exact) mass is 615 g/mol. The molecule has 1 saturated heterocycles. The van der Waals surface area contributed by atoms with Crippen LogP contribution in [-0.2, 0) is 20.9 Å². The molecule has 0 saturated carbocycles. The van der Waals surface area contributed by atoms with Crippen LogP contribution in [0.4, 0.5) is 17.1 Å². The van der Waals surface area contributed by atoms with E-state index in [0.29, 0.717) is 34.6 Å². The van der Waals surface area contributed by atoms with Crippen molar-refractivity contribution in [3.8, 4) is 0 Å². The highest BCUT2D eigenvalue weighted by Gasteiger charge is 2.29. The first kappa shape index (κ1) is 30.8. The largest absolute Gasteiger partial charge is 0.465 e. The van der Waals surface area contributed by atoms with Crippen molar-refractivity contribution in [1.29, 1.82) is 0 Å². The van der Waals surface area contributed by atoms with Gasteiger partial charge in [-0.2, -0.15) is 0 Å². The molecule has 0 bridgehead atoms. The number of amides is 2. The molecule has 2 N–H and O–H groups in total. The Morgan fingerprint density at radius 2 is 1.48 bits per heavy atom. The maximum absolute atomic E-state index is 13.3. The number of fused-ring (bicyclic) bond motifs is 1. The average Bonchev–Trinajstić information content (AvgIpc) is 3.43. The van der Waals surface area contributed by atoms with Gasteiger partial charge in [0.2, 0.25) is 5.91 Å². The molecule has 1 fully saturated rings. The van der Waals surface area contributed by atoms with Gasteiger partial charge in [-0.25, -0.2) is 4.79 Å². The molecule has 0 radical (unpaired) electrons. The van der Waals surface area contributed by atoms with Crippen LogP contribution in [0.1, 0.15) is 27.0 Å². The number of anilines is 3. The van der Waals surface area contributed by atoms with Gasteiger partial charge in [0.15, 0.2) is 0 Å². The molecule has 4 aromatic carbocycles. The molecular formula is C37H37N5O4. The fourth-order valence-electron chi connectivity index (χ4n) is 5.85. The Kier molecular flexibility index (Phi) is 9.23. The van der Waals surface area contributed by atoms with E-state index >= 15 is 0 Å².